The molecule has 3 aromatic rings. The van der Waals surface area contributed by atoms with Gasteiger partial charge < -0.3 is 20.3 Å². The molecule has 7 rings (SSSR count). The molecule has 3 N–H and O–H groups in total. The van der Waals surface area contributed by atoms with E-state index in [0.717, 1.165) is 63.0 Å². The Hall–Kier alpha value is -5.36. The lowest BCUT2D eigenvalue weighted by atomic mass is 9.49. The highest BCUT2D eigenvalue weighted by Crippen LogP contribution is 2.55. The maximum absolute atomic E-state index is 15.0. The lowest BCUT2D eigenvalue weighted by Crippen LogP contribution is -2.74. The molecule has 1 aliphatic carbocycles. The first-order valence-electron chi connectivity index (χ1n) is 20.6. The number of rotatable bonds is 14. The highest BCUT2D eigenvalue weighted by Gasteiger charge is 2.64. The number of nitrogens with zero attached hydrogens (tertiary/aromatic N) is 4. The minimum Gasteiger partial charge on any atom is -0.489 e. The SMILES string of the molecule is CC1(C)C(NC(=O)c2ccc(CCCCN3CCN(CCNc4c(F)ccc5c4C(=O)N(C4CCC(=O)NC4=O)C5=O)CC3)cc2)C(C)(C)C1Oc1ccc(C#N)c(Cl)c1. The van der Waals surface area contributed by atoms with E-state index in [-0.39, 0.29) is 58.5 Å². The number of nitriles is 1. The van der Waals surface area contributed by atoms with Crippen molar-refractivity contribution in [3.8, 4) is 11.8 Å². The lowest BCUT2D eigenvalue weighted by molar-refractivity contribution is -0.164. The number of carbonyl (C=O) groups excluding carboxylic acids is 5. The summed E-state index contributed by atoms with van der Waals surface area (Å²) in [5, 5.41) is 18.0. The van der Waals surface area contributed by atoms with Crippen molar-refractivity contribution in [2.45, 2.75) is 78.0 Å². The summed E-state index contributed by atoms with van der Waals surface area (Å²) in [5.41, 5.74) is 1.38. The number of unbranched alkanes of at least 4 members (excludes halogenated alkanes) is 1. The average Bonchev–Trinajstić information content (AvgIpc) is 3.47. The number of anilines is 1. The van der Waals surface area contributed by atoms with E-state index in [0.29, 0.717) is 35.0 Å². The fourth-order valence-electron chi connectivity index (χ4n) is 9.58. The average molecular weight is 840 g/mol. The molecule has 13 nitrogen and oxygen atoms in total. The van der Waals surface area contributed by atoms with E-state index in [1.165, 1.54) is 11.6 Å². The molecule has 316 valence electrons. The summed E-state index contributed by atoms with van der Waals surface area (Å²) in [6, 6.07) is 16.1. The van der Waals surface area contributed by atoms with Crippen molar-refractivity contribution >= 4 is 46.8 Å². The molecule has 0 radical (unpaired) electrons. The molecular formula is C45H51ClFN7O6. The molecule has 1 atom stereocenters. The van der Waals surface area contributed by atoms with Gasteiger partial charge in [0.15, 0.2) is 0 Å². The van der Waals surface area contributed by atoms with Gasteiger partial charge in [0.05, 0.1) is 27.4 Å². The fourth-order valence-corrected chi connectivity index (χ4v) is 9.79. The van der Waals surface area contributed by atoms with Gasteiger partial charge in [-0.05, 0) is 74.2 Å². The third-order valence-electron chi connectivity index (χ3n) is 12.6. The molecule has 3 aliphatic heterocycles. The number of aryl methyl sites for hydroxylation is 1. The van der Waals surface area contributed by atoms with Crippen molar-refractivity contribution in [1.82, 2.24) is 25.3 Å². The highest BCUT2D eigenvalue weighted by atomic mass is 35.5. The Morgan fingerprint density at radius 3 is 2.27 bits per heavy atom. The molecule has 0 spiro atoms. The molecule has 0 bridgehead atoms. The zero-order chi connectivity index (χ0) is 42.9. The summed E-state index contributed by atoms with van der Waals surface area (Å²) in [7, 11) is 0. The van der Waals surface area contributed by atoms with Crippen LogP contribution in [-0.4, -0.2) is 108 Å². The lowest BCUT2D eigenvalue weighted by Gasteiger charge is -2.63. The number of fused-ring (bicyclic) bond motifs is 1. The van der Waals surface area contributed by atoms with Gasteiger partial charge in [0.25, 0.3) is 17.7 Å². The number of halogens is 2. The molecule has 2 saturated heterocycles. The summed E-state index contributed by atoms with van der Waals surface area (Å²) >= 11 is 6.23. The first-order valence-corrected chi connectivity index (χ1v) is 21.0. The van der Waals surface area contributed by atoms with E-state index < -0.39 is 35.5 Å². The van der Waals surface area contributed by atoms with E-state index in [1.807, 2.05) is 24.3 Å². The maximum Gasteiger partial charge on any atom is 0.264 e. The quantitative estimate of drug-likeness (QED) is 0.141. The van der Waals surface area contributed by atoms with Crippen molar-refractivity contribution in [3.05, 3.63) is 93.3 Å². The molecule has 15 heteroatoms. The molecule has 0 aromatic heterocycles. The zero-order valence-corrected chi connectivity index (χ0v) is 35.2. The van der Waals surface area contributed by atoms with Gasteiger partial charge in [-0.2, -0.15) is 5.26 Å². The Bertz CT molecular complexity index is 2220. The van der Waals surface area contributed by atoms with Gasteiger partial charge in [-0.15, -0.1) is 0 Å². The maximum atomic E-state index is 15.0. The molecule has 4 aliphatic rings. The second-order valence-corrected chi connectivity index (χ2v) is 17.8. The summed E-state index contributed by atoms with van der Waals surface area (Å²) in [5.74, 6) is -2.77. The van der Waals surface area contributed by atoms with Crippen LogP contribution in [0.5, 0.6) is 5.75 Å². The van der Waals surface area contributed by atoms with Crippen LogP contribution in [0.3, 0.4) is 0 Å². The molecule has 3 heterocycles. The third-order valence-corrected chi connectivity index (χ3v) is 12.9. The van der Waals surface area contributed by atoms with Crippen LogP contribution in [0, 0.1) is 28.0 Å². The Labute approximate surface area is 354 Å². The van der Waals surface area contributed by atoms with Gasteiger partial charge >= 0.3 is 0 Å². The van der Waals surface area contributed by atoms with Crippen LogP contribution in [0.15, 0.2) is 54.6 Å². The number of imide groups is 2. The van der Waals surface area contributed by atoms with Gasteiger partial charge in [0.2, 0.25) is 11.8 Å². The van der Waals surface area contributed by atoms with Crippen molar-refractivity contribution in [2.24, 2.45) is 10.8 Å². The van der Waals surface area contributed by atoms with Crippen LogP contribution in [0.25, 0.3) is 0 Å². The standard InChI is InChI=1S/C45H51ClFN7O6/c1-44(2)42(45(3,4)43(44)60-30-13-12-29(26-48)32(46)25-30)51-38(56)28-10-8-27(9-11-28)7-5-6-19-52-21-23-53(24-22-52)20-18-49-37-33(47)15-14-31-36(37)41(59)54(40(31)58)34-16-17-35(55)50-39(34)57/h8-15,25,34,42-43,49H,5-7,16-24H2,1-4H3,(H,51,56)(H,50,55,57). The first kappa shape index (κ1) is 42.8. The Morgan fingerprint density at radius 1 is 0.933 bits per heavy atom. The van der Waals surface area contributed by atoms with Crippen LogP contribution >= 0.6 is 11.6 Å². The number of amides is 5. The summed E-state index contributed by atoms with van der Waals surface area (Å²) in [6.07, 6.45) is 2.81. The number of hydrogen-bond acceptors (Lipinski definition) is 10. The van der Waals surface area contributed by atoms with Crippen LogP contribution in [-0.2, 0) is 16.0 Å². The fraction of sp³-hybridized carbons (Fsp3) is 0.467. The van der Waals surface area contributed by atoms with Crippen LogP contribution in [0.4, 0.5) is 10.1 Å². The van der Waals surface area contributed by atoms with Crippen molar-refractivity contribution in [3.63, 3.8) is 0 Å². The molecular weight excluding hydrogens is 789 g/mol. The van der Waals surface area contributed by atoms with Gasteiger partial charge in [0, 0.05) is 74.2 Å². The Kier molecular flexibility index (Phi) is 12.3. The van der Waals surface area contributed by atoms with Crippen LogP contribution in [0.2, 0.25) is 5.02 Å². The van der Waals surface area contributed by atoms with Gasteiger partial charge in [-0.1, -0.05) is 51.4 Å². The van der Waals surface area contributed by atoms with Crippen LogP contribution < -0.4 is 20.7 Å². The number of nitrogens with one attached hydrogen (secondary N) is 3. The predicted octanol–water partition coefficient (Wildman–Crippen LogP) is 5.42. The number of ether oxygens (including phenoxy) is 1. The predicted molar refractivity (Wildman–Crippen MR) is 223 cm³/mol. The Morgan fingerprint density at radius 2 is 1.62 bits per heavy atom. The smallest absolute Gasteiger partial charge is 0.264 e. The molecule has 3 aromatic carbocycles. The van der Waals surface area contributed by atoms with Gasteiger partial charge in [-0.25, -0.2) is 4.39 Å². The molecule has 1 saturated carbocycles. The number of piperidine rings is 1. The molecule has 60 heavy (non-hydrogen) atoms. The number of hydrogen-bond donors (Lipinski definition) is 3. The number of carbonyl (C=O) groups is 5. The summed E-state index contributed by atoms with van der Waals surface area (Å²) in [4.78, 5) is 69.5. The Balaban J connectivity index is 0.810. The largest absolute Gasteiger partial charge is 0.489 e. The first-order chi connectivity index (χ1) is 28.6. The summed E-state index contributed by atoms with van der Waals surface area (Å²) < 4.78 is 21.4. The minimum atomic E-state index is -1.12. The van der Waals surface area contributed by atoms with Crippen molar-refractivity contribution < 1.29 is 33.1 Å². The third kappa shape index (κ3) is 8.48. The zero-order valence-electron chi connectivity index (χ0n) is 34.4. The number of benzene rings is 3. The van der Waals surface area contributed by atoms with Crippen molar-refractivity contribution in [1.29, 1.82) is 5.26 Å². The van der Waals surface area contributed by atoms with Gasteiger partial charge in [-0.3, -0.25) is 39.1 Å². The summed E-state index contributed by atoms with van der Waals surface area (Å²) in [6.45, 7) is 13.8. The second kappa shape index (κ2) is 17.3. The van der Waals surface area contributed by atoms with E-state index in [9.17, 15) is 29.2 Å². The minimum absolute atomic E-state index is 0.00748. The number of piperazine rings is 1. The normalized spacial score (nSPS) is 22.4. The van der Waals surface area contributed by atoms with E-state index in [4.69, 9.17) is 16.3 Å². The molecule has 5 amide bonds. The second-order valence-electron chi connectivity index (χ2n) is 17.4. The van der Waals surface area contributed by atoms with E-state index >= 15 is 4.39 Å². The highest BCUT2D eigenvalue weighted by molar-refractivity contribution is 6.31. The topological polar surface area (TPSA) is 164 Å². The monoisotopic (exact) mass is 839 g/mol. The van der Waals surface area contributed by atoms with Crippen molar-refractivity contribution in [2.75, 3.05) is 51.1 Å². The van der Waals surface area contributed by atoms with Crippen LogP contribution in [0.1, 0.15) is 95.6 Å². The van der Waals surface area contributed by atoms with E-state index in [2.05, 4.69) is 59.5 Å². The van der Waals surface area contributed by atoms with E-state index in [1.54, 1.807) is 18.2 Å². The molecule has 3 fully saturated rings. The molecule has 1 unspecified atom stereocenters. The van der Waals surface area contributed by atoms with Gasteiger partial charge in [0.1, 0.15) is 29.8 Å².